The summed E-state index contributed by atoms with van der Waals surface area (Å²) in [6, 6.07) is 0.283. The molecule has 0 aromatic carbocycles. The van der Waals surface area contributed by atoms with Crippen molar-refractivity contribution in [2.75, 3.05) is 52.5 Å². The number of amides is 1. The van der Waals surface area contributed by atoms with E-state index in [2.05, 4.69) is 37.5 Å². The maximum absolute atomic E-state index is 12.4. The molecular formula is C20H37N3O3. The molecular weight excluding hydrogens is 330 g/mol. The predicted molar refractivity (Wildman–Crippen MR) is 102 cm³/mol. The number of ether oxygens (including phenoxy) is 2. The molecule has 0 aromatic rings. The van der Waals surface area contributed by atoms with Crippen LogP contribution in [0.2, 0.25) is 0 Å². The highest BCUT2D eigenvalue weighted by molar-refractivity contribution is 5.71. The van der Waals surface area contributed by atoms with Crippen molar-refractivity contribution in [1.29, 1.82) is 0 Å². The summed E-state index contributed by atoms with van der Waals surface area (Å²) < 4.78 is 11.4. The first-order valence-corrected chi connectivity index (χ1v) is 10.4. The Kier molecular flexibility index (Phi) is 6.14. The van der Waals surface area contributed by atoms with Crippen LogP contribution >= 0.6 is 0 Å². The second-order valence-electron chi connectivity index (χ2n) is 9.00. The number of piperidine rings is 1. The molecule has 3 fully saturated rings. The fourth-order valence-corrected chi connectivity index (χ4v) is 4.76. The van der Waals surface area contributed by atoms with Crippen LogP contribution in [-0.2, 0) is 9.47 Å². The summed E-state index contributed by atoms with van der Waals surface area (Å²) in [5.41, 5.74) is -0.0962. The fourth-order valence-electron chi connectivity index (χ4n) is 4.76. The zero-order valence-electron chi connectivity index (χ0n) is 17.1. The van der Waals surface area contributed by atoms with Gasteiger partial charge in [0.05, 0.1) is 19.8 Å². The molecule has 3 saturated heterocycles. The van der Waals surface area contributed by atoms with E-state index < -0.39 is 0 Å². The zero-order valence-corrected chi connectivity index (χ0v) is 17.1. The van der Waals surface area contributed by atoms with Crippen LogP contribution in [0, 0.1) is 0 Å². The van der Waals surface area contributed by atoms with Crippen molar-refractivity contribution in [1.82, 2.24) is 14.7 Å². The highest BCUT2D eigenvalue weighted by Crippen LogP contribution is 2.35. The van der Waals surface area contributed by atoms with Gasteiger partial charge in [0, 0.05) is 57.1 Å². The molecule has 6 nitrogen and oxygen atoms in total. The molecule has 0 aromatic heterocycles. The molecule has 0 radical (unpaired) electrons. The Morgan fingerprint density at radius 2 is 1.81 bits per heavy atom. The lowest BCUT2D eigenvalue weighted by molar-refractivity contribution is -0.0399. The van der Waals surface area contributed by atoms with Gasteiger partial charge in [-0.05, 0) is 27.2 Å². The molecule has 0 N–H and O–H groups in total. The summed E-state index contributed by atoms with van der Waals surface area (Å²) in [6.07, 6.45) is 3.95. The van der Waals surface area contributed by atoms with E-state index in [1.54, 1.807) is 0 Å². The standard InChI is InChI=1S/C20H37N3O3/c1-5-6-17(2)23-16-20(26-18(23)24)7-9-21(10-8-20)15-19(3,4)22-11-13-25-14-12-22/h17H,5-16H2,1-4H3. The smallest absolute Gasteiger partial charge is 0.410 e. The molecule has 1 spiro atoms. The van der Waals surface area contributed by atoms with E-state index in [1.165, 1.54) is 0 Å². The van der Waals surface area contributed by atoms with Crippen LogP contribution in [-0.4, -0.2) is 90.5 Å². The monoisotopic (exact) mass is 367 g/mol. The minimum atomic E-state index is -0.251. The number of carbonyl (C=O) groups is 1. The van der Waals surface area contributed by atoms with Gasteiger partial charge < -0.3 is 19.3 Å². The van der Waals surface area contributed by atoms with E-state index in [0.29, 0.717) is 0 Å². The van der Waals surface area contributed by atoms with Crippen molar-refractivity contribution in [2.45, 2.75) is 70.6 Å². The first-order chi connectivity index (χ1) is 12.4. The summed E-state index contributed by atoms with van der Waals surface area (Å²) in [5.74, 6) is 0. The zero-order chi connectivity index (χ0) is 18.8. The number of likely N-dealkylation sites (tertiary alicyclic amines) is 1. The van der Waals surface area contributed by atoms with E-state index in [1.807, 2.05) is 4.90 Å². The number of carbonyl (C=O) groups excluding carboxylic acids is 1. The third-order valence-corrected chi connectivity index (χ3v) is 6.48. The Labute approximate surface area is 158 Å². The molecule has 6 heteroatoms. The highest BCUT2D eigenvalue weighted by Gasteiger charge is 2.48. The number of nitrogens with zero attached hydrogens (tertiary/aromatic N) is 3. The van der Waals surface area contributed by atoms with Gasteiger partial charge >= 0.3 is 6.09 Å². The molecule has 150 valence electrons. The lowest BCUT2D eigenvalue weighted by atomic mass is 9.89. The van der Waals surface area contributed by atoms with Crippen molar-refractivity contribution in [2.24, 2.45) is 0 Å². The van der Waals surface area contributed by atoms with Gasteiger partial charge in [-0.2, -0.15) is 0 Å². The summed E-state index contributed by atoms with van der Waals surface area (Å²) in [7, 11) is 0. The maximum Gasteiger partial charge on any atom is 0.410 e. The molecule has 3 heterocycles. The van der Waals surface area contributed by atoms with Crippen molar-refractivity contribution in [3.05, 3.63) is 0 Å². The minimum absolute atomic E-state index is 0.104. The van der Waals surface area contributed by atoms with Crippen LogP contribution in [0.5, 0.6) is 0 Å². The molecule has 0 bridgehead atoms. The maximum atomic E-state index is 12.4. The quantitative estimate of drug-likeness (QED) is 0.722. The fraction of sp³-hybridized carbons (Fsp3) is 0.950. The molecule has 1 atom stereocenters. The highest BCUT2D eigenvalue weighted by atomic mass is 16.6. The van der Waals surface area contributed by atoms with Gasteiger partial charge in [-0.25, -0.2) is 4.79 Å². The topological polar surface area (TPSA) is 45.2 Å². The van der Waals surface area contributed by atoms with Gasteiger partial charge in [-0.3, -0.25) is 4.90 Å². The van der Waals surface area contributed by atoms with Crippen LogP contribution in [0.4, 0.5) is 4.79 Å². The third kappa shape index (κ3) is 4.34. The predicted octanol–water partition coefficient (Wildman–Crippen LogP) is 2.57. The Balaban J connectivity index is 1.52. The van der Waals surface area contributed by atoms with Gasteiger partial charge in [0.25, 0.3) is 0 Å². The third-order valence-electron chi connectivity index (χ3n) is 6.48. The van der Waals surface area contributed by atoms with Crippen LogP contribution in [0.3, 0.4) is 0 Å². The SMILES string of the molecule is CCCC(C)N1CC2(CCN(CC(C)(C)N3CCOCC3)CC2)OC1=O. The van der Waals surface area contributed by atoms with Crippen LogP contribution < -0.4 is 0 Å². The average Bonchev–Trinajstić information content (AvgIpc) is 2.94. The van der Waals surface area contributed by atoms with Crippen LogP contribution in [0.15, 0.2) is 0 Å². The Morgan fingerprint density at radius 1 is 1.15 bits per heavy atom. The normalized spacial score (nSPS) is 26.3. The molecule has 1 amide bonds. The Hall–Kier alpha value is -0.850. The van der Waals surface area contributed by atoms with E-state index in [4.69, 9.17) is 9.47 Å². The molecule has 3 aliphatic rings. The number of hydrogen-bond donors (Lipinski definition) is 0. The van der Waals surface area contributed by atoms with Gasteiger partial charge in [0.1, 0.15) is 5.60 Å². The second kappa shape index (κ2) is 8.03. The first kappa shape index (κ1) is 19.9. The summed E-state index contributed by atoms with van der Waals surface area (Å²) >= 11 is 0. The summed E-state index contributed by atoms with van der Waals surface area (Å²) in [6.45, 7) is 16.6. The second-order valence-corrected chi connectivity index (χ2v) is 9.00. The molecule has 3 rings (SSSR count). The average molecular weight is 368 g/mol. The van der Waals surface area contributed by atoms with E-state index >= 15 is 0 Å². The number of hydrogen-bond acceptors (Lipinski definition) is 5. The Morgan fingerprint density at radius 3 is 2.42 bits per heavy atom. The lowest BCUT2D eigenvalue weighted by Gasteiger charge is -2.46. The van der Waals surface area contributed by atoms with E-state index in [0.717, 1.165) is 78.2 Å². The van der Waals surface area contributed by atoms with Crippen LogP contribution in [0.1, 0.15) is 53.4 Å². The van der Waals surface area contributed by atoms with Crippen molar-refractivity contribution >= 4 is 6.09 Å². The van der Waals surface area contributed by atoms with Crippen molar-refractivity contribution in [3.63, 3.8) is 0 Å². The van der Waals surface area contributed by atoms with Gasteiger partial charge in [-0.15, -0.1) is 0 Å². The number of rotatable bonds is 6. The van der Waals surface area contributed by atoms with Gasteiger partial charge in [0.2, 0.25) is 0 Å². The van der Waals surface area contributed by atoms with Crippen molar-refractivity contribution in [3.8, 4) is 0 Å². The largest absolute Gasteiger partial charge is 0.441 e. The first-order valence-electron chi connectivity index (χ1n) is 10.4. The molecule has 3 aliphatic heterocycles. The van der Waals surface area contributed by atoms with Gasteiger partial charge in [-0.1, -0.05) is 13.3 Å². The Bertz CT molecular complexity index is 483. The number of morpholine rings is 1. The molecule has 0 aliphatic carbocycles. The summed E-state index contributed by atoms with van der Waals surface area (Å²) in [4.78, 5) is 19.4. The molecule has 26 heavy (non-hydrogen) atoms. The van der Waals surface area contributed by atoms with E-state index in [9.17, 15) is 4.79 Å². The lowest BCUT2D eigenvalue weighted by Crippen LogP contribution is -2.57. The molecule has 1 unspecified atom stereocenters. The minimum Gasteiger partial charge on any atom is -0.441 e. The van der Waals surface area contributed by atoms with Crippen LogP contribution in [0.25, 0.3) is 0 Å². The van der Waals surface area contributed by atoms with Gasteiger partial charge in [0.15, 0.2) is 0 Å². The van der Waals surface area contributed by atoms with E-state index in [-0.39, 0.29) is 23.3 Å². The summed E-state index contributed by atoms with van der Waals surface area (Å²) in [5, 5.41) is 0. The molecule has 0 saturated carbocycles. The van der Waals surface area contributed by atoms with Crippen molar-refractivity contribution < 1.29 is 14.3 Å².